The van der Waals surface area contributed by atoms with Crippen molar-refractivity contribution in [3.8, 4) is 0 Å². The third kappa shape index (κ3) is 9.89. The Morgan fingerprint density at radius 2 is 1.89 bits per heavy atom. The number of carbonyl (C=O) groups excluding carboxylic acids is 2. The number of hydrogen-bond donors (Lipinski definition) is 1. The lowest BCUT2D eigenvalue weighted by Crippen LogP contribution is -2.60. The average molecular weight is 433 g/mol. The van der Waals surface area contributed by atoms with Gasteiger partial charge in [0, 0.05) is 19.2 Å². The van der Waals surface area contributed by atoms with Crippen molar-refractivity contribution in [3.63, 3.8) is 0 Å². The molecule has 0 rings (SSSR count). The molecule has 28 heavy (non-hydrogen) atoms. The maximum absolute atomic E-state index is 13.2. The predicted molar refractivity (Wildman–Crippen MR) is 121 cm³/mol. The van der Waals surface area contributed by atoms with Crippen molar-refractivity contribution in [1.82, 2.24) is 10.2 Å². The molecular weight excluding hydrogens is 396 g/mol. The van der Waals surface area contributed by atoms with Gasteiger partial charge in [-0.2, -0.15) is 0 Å². The molecule has 162 valence electrons. The van der Waals surface area contributed by atoms with E-state index < -0.39 is 17.0 Å². The van der Waals surface area contributed by atoms with E-state index >= 15 is 0 Å². The topological polar surface area (TPSA) is 67.9 Å². The average Bonchev–Trinajstić information content (AvgIpc) is 2.54. The smallest absolute Gasteiger partial charge is 0.243 e. The van der Waals surface area contributed by atoms with E-state index in [4.69, 9.17) is 21.7 Å². The Hall–Kier alpha value is -1.12. The molecule has 6 nitrogen and oxygen atoms in total. The van der Waals surface area contributed by atoms with Crippen LogP contribution in [0.3, 0.4) is 0 Å². The first-order chi connectivity index (χ1) is 12.9. The van der Waals surface area contributed by atoms with Gasteiger partial charge in [0.2, 0.25) is 16.2 Å². The third-order valence-corrected chi connectivity index (χ3v) is 5.12. The number of allylic oxidation sites excluding steroid dienone is 1. The van der Waals surface area contributed by atoms with Crippen LogP contribution in [0.25, 0.3) is 0 Å². The first kappa shape index (κ1) is 26.9. The maximum Gasteiger partial charge on any atom is 0.243 e. The third-order valence-electron chi connectivity index (χ3n) is 3.90. The van der Waals surface area contributed by atoms with Crippen LogP contribution in [0.15, 0.2) is 12.7 Å². The summed E-state index contributed by atoms with van der Waals surface area (Å²) in [5, 5.41) is 3.02. The van der Waals surface area contributed by atoms with Gasteiger partial charge < -0.3 is 19.7 Å². The highest BCUT2D eigenvalue weighted by atomic mass is 32.2. The van der Waals surface area contributed by atoms with E-state index in [0.717, 1.165) is 11.8 Å². The molecule has 0 radical (unpaired) electrons. The van der Waals surface area contributed by atoms with Gasteiger partial charge >= 0.3 is 0 Å². The second kappa shape index (κ2) is 12.4. The second-order valence-corrected chi connectivity index (χ2v) is 9.75. The quantitative estimate of drug-likeness (QED) is 0.399. The fraction of sp³-hybridized carbons (Fsp3) is 0.750. The summed E-state index contributed by atoms with van der Waals surface area (Å²) in [6, 6.07) is -0.673. The molecule has 0 saturated carbocycles. The number of thiocarbonyl (C=S) groups is 1. The first-order valence-corrected chi connectivity index (χ1v) is 10.8. The maximum atomic E-state index is 13.2. The number of hydrogen-bond acceptors (Lipinski definition) is 6. The van der Waals surface area contributed by atoms with E-state index in [2.05, 4.69) is 11.9 Å². The summed E-state index contributed by atoms with van der Waals surface area (Å²) in [7, 11) is 1.57. The number of amides is 2. The van der Waals surface area contributed by atoms with Gasteiger partial charge in [0.1, 0.15) is 6.04 Å². The fourth-order valence-corrected chi connectivity index (χ4v) is 3.69. The van der Waals surface area contributed by atoms with Gasteiger partial charge in [0.05, 0.1) is 19.0 Å². The van der Waals surface area contributed by atoms with Crippen LogP contribution in [0.5, 0.6) is 0 Å². The lowest BCUT2D eigenvalue weighted by molar-refractivity contribution is -0.144. The van der Waals surface area contributed by atoms with Crippen molar-refractivity contribution >= 4 is 40.2 Å². The monoisotopic (exact) mass is 432 g/mol. The molecule has 0 heterocycles. The molecule has 0 spiro atoms. The second-order valence-electron chi connectivity index (χ2n) is 8.17. The van der Waals surface area contributed by atoms with E-state index in [-0.39, 0.29) is 17.6 Å². The lowest BCUT2D eigenvalue weighted by atomic mass is 9.79. The highest BCUT2D eigenvalue weighted by molar-refractivity contribution is 8.23. The summed E-state index contributed by atoms with van der Waals surface area (Å²) >= 11 is 6.26. The van der Waals surface area contributed by atoms with Crippen LogP contribution in [0.1, 0.15) is 48.0 Å². The fourth-order valence-electron chi connectivity index (χ4n) is 2.79. The summed E-state index contributed by atoms with van der Waals surface area (Å²) < 4.78 is 10.7. The summed E-state index contributed by atoms with van der Waals surface area (Å²) in [6.45, 7) is 16.4. The Bertz CT molecular complexity index is 545. The standard InChI is InChI=1S/C20H36N2O4S2/c1-9-11-20(6,7)16(17(24)21-19(3,4)5)22(12-13-25-8)15(23)14-28-18(27)26-10-2/h9,16H,1,10-14H2,2-8H3,(H,21,24). The van der Waals surface area contributed by atoms with Crippen molar-refractivity contribution in [2.24, 2.45) is 5.41 Å². The summed E-state index contributed by atoms with van der Waals surface area (Å²) in [5.41, 5.74) is -0.924. The Labute approximate surface area is 179 Å². The van der Waals surface area contributed by atoms with E-state index in [1.54, 1.807) is 18.1 Å². The number of rotatable bonds is 11. The van der Waals surface area contributed by atoms with Crippen LogP contribution < -0.4 is 5.32 Å². The molecule has 8 heteroatoms. The van der Waals surface area contributed by atoms with Crippen LogP contribution in [-0.2, 0) is 19.1 Å². The molecule has 1 atom stereocenters. The Morgan fingerprint density at radius 1 is 1.29 bits per heavy atom. The van der Waals surface area contributed by atoms with Crippen LogP contribution in [-0.4, -0.2) is 65.3 Å². The molecule has 1 N–H and O–H groups in total. The van der Waals surface area contributed by atoms with Crippen molar-refractivity contribution < 1.29 is 19.1 Å². The molecular formula is C20H36N2O4S2. The number of methoxy groups -OCH3 is 1. The number of carbonyl (C=O) groups is 2. The molecule has 0 aromatic heterocycles. The van der Waals surface area contributed by atoms with Crippen molar-refractivity contribution in [1.29, 1.82) is 0 Å². The zero-order valence-electron chi connectivity index (χ0n) is 18.3. The van der Waals surface area contributed by atoms with Gasteiger partial charge in [-0.25, -0.2) is 0 Å². The van der Waals surface area contributed by atoms with Gasteiger partial charge in [0.25, 0.3) is 0 Å². The van der Waals surface area contributed by atoms with Gasteiger partial charge in [0.15, 0.2) is 0 Å². The van der Waals surface area contributed by atoms with E-state index in [1.165, 1.54) is 0 Å². The van der Waals surface area contributed by atoms with Crippen LogP contribution in [0.4, 0.5) is 0 Å². The zero-order chi connectivity index (χ0) is 22.0. The highest BCUT2D eigenvalue weighted by Crippen LogP contribution is 2.31. The Morgan fingerprint density at radius 3 is 2.36 bits per heavy atom. The molecule has 0 aliphatic carbocycles. The van der Waals surface area contributed by atoms with E-state index in [1.807, 2.05) is 41.5 Å². The minimum atomic E-state index is -0.673. The molecule has 0 aliphatic rings. The van der Waals surface area contributed by atoms with Crippen LogP contribution in [0.2, 0.25) is 0 Å². The van der Waals surface area contributed by atoms with Gasteiger partial charge in [-0.3, -0.25) is 9.59 Å². The van der Waals surface area contributed by atoms with E-state index in [0.29, 0.717) is 30.6 Å². The zero-order valence-corrected chi connectivity index (χ0v) is 19.9. The number of nitrogens with one attached hydrogen (secondary N) is 1. The number of ether oxygens (including phenoxy) is 2. The van der Waals surface area contributed by atoms with E-state index in [9.17, 15) is 9.59 Å². The molecule has 0 fully saturated rings. The van der Waals surface area contributed by atoms with Crippen LogP contribution >= 0.6 is 24.0 Å². The number of thioether (sulfide) groups is 1. The van der Waals surface area contributed by atoms with Gasteiger partial charge in [-0.1, -0.05) is 31.7 Å². The lowest BCUT2D eigenvalue weighted by Gasteiger charge is -2.42. The Kier molecular flexibility index (Phi) is 11.9. The molecule has 1 unspecified atom stereocenters. The largest absolute Gasteiger partial charge is 0.479 e. The molecule has 0 aromatic carbocycles. The minimum absolute atomic E-state index is 0.103. The highest BCUT2D eigenvalue weighted by Gasteiger charge is 2.41. The molecule has 0 aliphatic heterocycles. The molecule has 0 aromatic rings. The normalized spacial score (nSPS) is 12.8. The van der Waals surface area contributed by atoms with Gasteiger partial charge in [-0.05, 0) is 51.7 Å². The summed E-state index contributed by atoms with van der Waals surface area (Å²) in [4.78, 5) is 27.8. The van der Waals surface area contributed by atoms with Gasteiger partial charge in [-0.15, -0.1) is 6.58 Å². The SMILES string of the molecule is C=CCC(C)(C)C(C(=O)NC(C)(C)C)N(CCOC)C(=O)CSC(=S)OCC. The Balaban J connectivity index is 5.75. The first-order valence-electron chi connectivity index (χ1n) is 9.40. The van der Waals surface area contributed by atoms with Crippen LogP contribution in [0, 0.1) is 5.41 Å². The number of nitrogens with zero attached hydrogens (tertiary/aromatic N) is 1. The van der Waals surface area contributed by atoms with Crippen molar-refractivity contribution in [2.45, 2.75) is 59.5 Å². The minimum Gasteiger partial charge on any atom is -0.479 e. The molecule has 2 amide bonds. The van der Waals surface area contributed by atoms with Crippen molar-refractivity contribution in [3.05, 3.63) is 12.7 Å². The molecule has 0 bridgehead atoms. The summed E-state index contributed by atoms with van der Waals surface area (Å²) in [6.07, 6.45) is 2.35. The summed E-state index contributed by atoms with van der Waals surface area (Å²) in [5.74, 6) is -0.275. The van der Waals surface area contributed by atoms with Crippen molar-refractivity contribution in [2.75, 3.05) is 32.6 Å². The molecule has 0 saturated heterocycles. The predicted octanol–water partition coefficient (Wildman–Crippen LogP) is 3.40.